The summed E-state index contributed by atoms with van der Waals surface area (Å²) in [6, 6.07) is 6.95. The molecule has 1 aliphatic carbocycles. The standard InChI is InChI=1S/C12H15N3.C11H15NO2.C8H16N2O.C2H6/c1-2-13-11-6-4-10(5-7-11)12-14-8-3-9-15-12;1-3-4-9-7-10(12-8(2)13)5-6-11(9)14;1-2-9-8(11)7-10-5-3-4-6-10;1-2/h3-4,6-10,13H,2,5H2,1H3;5-7,14H,3-4H2,1-2H3,(H,12,13);2-7H2,1H3,(H,9,11);1-2H3. The SMILES string of the molecule is CC.CCCc1cc(NC(C)=O)ccc1O.CCNC(=O)CN1CCCC1.CCNC1=CCC(c2ncccn2)C=C1. The normalized spacial score (nSPS) is 15.4. The fraction of sp³-hybridized carbons (Fsp3) is 0.515. The van der Waals surface area contributed by atoms with E-state index in [2.05, 4.69) is 56.0 Å². The summed E-state index contributed by atoms with van der Waals surface area (Å²) in [4.78, 5) is 32.6. The van der Waals surface area contributed by atoms with E-state index in [1.165, 1.54) is 25.5 Å². The molecule has 1 atom stereocenters. The summed E-state index contributed by atoms with van der Waals surface area (Å²) in [5.41, 5.74) is 2.81. The van der Waals surface area contributed by atoms with E-state index in [4.69, 9.17) is 0 Å². The third kappa shape index (κ3) is 14.8. The number of carbonyl (C=O) groups excluding carboxylic acids is 2. The molecule has 1 aromatic carbocycles. The molecule has 0 radical (unpaired) electrons. The first-order chi connectivity index (χ1) is 20.4. The number of aryl methyl sites for hydroxylation is 1. The van der Waals surface area contributed by atoms with E-state index in [0.717, 1.165) is 62.5 Å². The molecule has 2 heterocycles. The van der Waals surface area contributed by atoms with Gasteiger partial charge in [-0.25, -0.2) is 9.97 Å². The Morgan fingerprint density at radius 2 is 1.74 bits per heavy atom. The Morgan fingerprint density at radius 3 is 2.29 bits per heavy atom. The number of phenolic OH excluding ortho intramolecular Hbond substituents is 1. The lowest BCUT2D eigenvalue weighted by atomic mass is 9.98. The van der Waals surface area contributed by atoms with Crippen LogP contribution in [0.3, 0.4) is 0 Å². The van der Waals surface area contributed by atoms with Gasteiger partial charge in [-0.3, -0.25) is 14.5 Å². The zero-order valence-corrected chi connectivity index (χ0v) is 26.4. The molecule has 0 saturated carbocycles. The monoisotopic (exact) mass is 580 g/mol. The van der Waals surface area contributed by atoms with Crippen LogP contribution in [0.4, 0.5) is 5.69 Å². The third-order valence-electron chi connectivity index (χ3n) is 6.26. The van der Waals surface area contributed by atoms with Gasteiger partial charge in [0.05, 0.1) is 6.54 Å². The van der Waals surface area contributed by atoms with Gasteiger partial charge in [0.1, 0.15) is 11.6 Å². The number of phenols is 1. The summed E-state index contributed by atoms with van der Waals surface area (Å²) >= 11 is 0. The Bertz CT molecular complexity index is 1100. The number of hydrogen-bond donors (Lipinski definition) is 4. The van der Waals surface area contributed by atoms with Crippen molar-refractivity contribution in [2.45, 2.75) is 79.6 Å². The van der Waals surface area contributed by atoms with Crippen LogP contribution in [-0.2, 0) is 16.0 Å². The van der Waals surface area contributed by atoms with Crippen molar-refractivity contribution in [3.8, 4) is 5.75 Å². The van der Waals surface area contributed by atoms with Gasteiger partial charge in [-0.1, -0.05) is 39.3 Å². The number of allylic oxidation sites excluding steroid dienone is 3. The number of nitrogens with one attached hydrogen (secondary N) is 3. The van der Waals surface area contributed by atoms with Crippen molar-refractivity contribution in [3.05, 3.63) is 72.0 Å². The van der Waals surface area contributed by atoms with Crippen LogP contribution in [0.1, 0.15) is 84.5 Å². The van der Waals surface area contributed by atoms with Gasteiger partial charge < -0.3 is 21.1 Å². The molecule has 9 heteroatoms. The molecule has 1 aliphatic heterocycles. The highest BCUT2D eigenvalue weighted by molar-refractivity contribution is 5.88. The topological polar surface area (TPSA) is 119 Å². The molecule has 2 aromatic rings. The summed E-state index contributed by atoms with van der Waals surface area (Å²) in [5, 5.41) is 18.3. The molecule has 0 bridgehead atoms. The van der Waals surface area contributed by atoms with Crippen LogP contribution < -0.4 is 16.0 Å². The zero-order chi connectivity index (χ0) is 31.2. The van der Waals surface area contributed by atoms with Crippen LogP contribution in [-0.4, -0.2) is 64.5 Å². The number of anilines is 1. The maximum atomic E-state index is 11.0. The van der Waals surface area contributed by atoms with Gasteiger partial charge in [0.25, 0.3) is 0 Å². The van der Waals surface area contributed by atoms with Crippen LogP contribution >= 0.6 is 0 Å². The van der Waals surface area contributed by atoms with Crippen molar-refractivity contribution >= 4 is 17.5 Å². The lowest BCUT2D eigenvalue weighted by molar-refractivity contribution is -0.122. The van der Waals surface area contributed by atoms with Crippen LogP contribution in [0.25, 0.3) is 0 Å². The van der Waals surface area contributed by atoms with E-state index in [9.17, 15) is 14.7 Å². The van der Waals surface area contributed by atoms with Crippen LogP contribution in [0.5, 0.6) is 5.75 Å². The molecule has 1 aromatic heterocycles. The highest BCUT2D eigenvalue weighted by Gasteiger charge is 2.14. The molecule has 0 spiro atoms. The predicted octanol–water partition coefficient (Wildman–Crippen LogP) is 5.56. The second-order valence-electron chi connectivity index (χ2n) is 9.71. The number of likely N-dealkylation sites (N-methyl/N-ethyl adjacent to an activating group) is 2. The molecule has 1 fully saturated rings. The number of carbonyl (C=O) groups is 2. The number of likely N-dealkylation sites (tertiary alicyclic amines) is 1. The largest absolute Gasteiger partial charge is 0.508 e. The Kier molecular flexibility index (Phi) is 19.0. The first-order valence-electron chi connectivity index (χ1n) is 15.3. The Morgan fingerprint density at radius 1 is 1.05 bits per heavy atom. The lowest BCUT2D eigenvalue weighted by Gasteiger charge is -2.15. The molecular formula is C33H52N6O3. The van der Waals surface area contributed by atoms with Crippen LogP contribution in [0.15, 0.2) is 60.6 Å². The van der Waals surface area contributed by atoms with Gasteiger partial charge in [-0.2, -0.15) is 0 Å². The molecule has 1 saturated heterocycles. The summed E-state index contributed by atoms with van der Waals surface area (Å²) < 4.78 is 0. The number of rotatable bonds is 9. The molecule has 42 heavy (non-hydrogen) atoms. The molecule has 9 nitrogen and oxygen atoms in total. The van der Waals surface area contributed by atoms with Crippen molar-refractivity contribution in [1.29, 1.82) is 0 Å². The second-order valence-corrected chi connectivity index (χ2v) is 9.71. The number of aromatic hydroxyl groups is 1. The smallest absolute Gasteiger partial charge is 0.234 e. The molecule has 4 rings (SSSR count). The summed E-state index contributed by atoms with van der Waals surface area (Å²) in [6.45, 7) is 16.0. The van der Waals surface area contributed by atoms with Crippen molar-refractivity contribution in [2.75, 3.05) is 38.0 Å². The highest BCUT2D eigenvalue weighted by Crippen LogP contribution is 2.23. The molecule has 4 N–H and O–H groups in total. The first kappa shape index (κ1) is 36.3. The predicted molar refractivity (Wildman–Crippen MR) is 172 cm³/mol. The summed E-state index contributed by atoms with van der Waals surface area (Å²) in [7, 11) is 0. The van der Waals surface area contributed by atoms with E-state index < -0.39 is 0 Å². The Balaban J connectivity index is 0.000000309. The Hall–Kier alpha value is -3.72. The quantitative estimate of drug-likeness (QED) is 0.287. The fourth-order valence-corrected chi connectivity index (χ4v) is 4.38. The van der Waals surface area contributed by atoms with E-state index in [0.29, 0.717) is 18.2 Å². The molecule has 232 valence electrons. The number of nitrogens with zero attached hydrogens (tertiary/aromatic N) is 3. The maximum Gasteiger partial charge on any atom is 0.234 e. The number of benzene rings is 1. The Labute approximate surface area is 252 Å². The fourth-order valence-electron chi connectivity index (χ4n) is 4.38. The van der Waals surface area contributed by atoms with E-state index in [1.54, 1.807) is 30.6 Å². The van der Waals surface area contributed by atoms with Gasteiger partial charge in [0.15, 0.2) is 0 Å². The minimum Gasteiger partial charge on any atom is -0.508 e. The second kappa shape index (κ2) is 22.0. The number of aromatic nitrogens is 2. The zero-order valence-electron chi connectivity index (χ0n) is 26.4. The molecule has 1 unspecified atom stereocenters. The highest BCUT2D eigenvalue weighted by atomic mass is 16.3. The average Bonchev–Trinajstić information content (AvgIpc) is 3.51. The first-order valence-corrected chi connectivity index (χ1v) is 15.3. The van der Waals surface area contributed by atoms with Crippen molar-refractivity contribution in [3.63, 3.8) is 0 Å². The summed E-state index contributed by atoms with van der Waals surface area (Å²) in [6.07, 6.45) is 15.3. The van der Waals surface area contributed by atoms with E-state index in [1.807, 2.05) is 33.8 Å². The molecular weight excluding hydrogens is 528 g/mol. The minimum absolute atomic E-state index is 0.0989. The minimum atomic E-state index is -0.0989. The van der Waals surface area contributed by atoms with Crippen LogP contribution in [0, 0.1) is 0 Å². The van der Waals surface area contributed by atoms with Crippen LogP contribution in [0.2, 0.25) is 0 Å². The average molecular weight is 581 g/mol. The van der Waals surface area contributed by atoms with Gasteiger partial charge in [-0.15, -0.1) is 0 Å². The number of amides is 2. The molecule has 2 aliphatic rings. The van der Waals surface area contributed by atoms with Gasteiger partial charge in [0.2, 0.25) is 11.8 Å². The summed E-state index contributed by atoms with van der Waals surface area (Å²) in [5.74, 6) is 1.59. The van der Waals surface area contributed by atoms with Gasteiger partial charge in [-0.05, 0) is 88.5 Å². The molecule has 2 amide bonds. The maximum absolute atomic E-state index is 11.0. The van der Waals surface area contributed by atoms with Gasteiger partial charge in [0, 0.05) is 49.7 Å². The van der Waals surface area contributed by atoms with Crippen molar-refractivity contribution < 1.29 is 14.7 Å². The van der Waals surface area contributed by atoms with E-state index >= 15 is 0 Å². The number of hydrogen-bond acceptors (Lipinski definition) is 7. The third-order valence-corrected chi connectivity index (χ3v) is 6.26. The van der Waals surface area contributed by atoms with E-state index in [-0.39, 0.29) is 11.8 Å². The lowest BCUT2D eigenvalue weighted by Crippen LogP contribution is -2.35. The van der Waals surface area contributed by atoms with Crippen molar-refractivity contribution in [2.24, 2.45) is 0 Å². The van der Waals surface area contributed by atoms with Crippen molar-refractivity contribution in [1.82, 2.24) is 25.5 Å². The van der Waals surface area contributed by atoms with Gasteiger partial charge >= 0.3 is 0 Å².